The fraction of sp³-hybridized carbons (Fsp3) is 0.289. The summed E-state index contributed by atoms with van der Waals surface area (Å²) in [7, 11) is 0. The molecule has 1 N–H and O–H groups in total. The van der Waals surface area contributed by atoms with Gasteiger partial charge in [-0.1, -0.05) is 61.9 Å². The number of piperidine rings is 1. The third-order valence-corrected chi connectivity index (χ3v) is 8.24. The van der Waals surface area contributed by atoms with Crippen LogP contribution in [0.1, 0.15) is 59.7 Å². The molecule has 0 saturated carbocycles. The van der Waals surface area contributed by atoms with Gasteiger partial charge in [0, 0.05) is 6.54 Å². The number of esters is 1. The minimum absolute atomic E-state index is 0.216. The van der Waals surface area contributed by atoms with Gasteiger partial charge in [-0.25, -0.2) is 4.79 Å². The lowest BCUT2D eigenvalue weighted by atomic mass is 9.88. The average Bonchev–Trinajstić information content (AvgIpc) is 3.56. The largest absolute Gasteiger partial charge is 0.491 e. The maximum absolute atomic E-state index is 12.6. The van der Waals surface area contributed by atoms with Gasteiger partial charge in [0.2, 0.25) is 6.79 Å². The van der Waals surface area contributed by atoms with E-state index in [0.717, 1.165) is 58.8 Å². The number of nitrogens with zero attached hydrogens (tertiary/aromatic N) is 1. The van der Waals surface area contributed by atoms with Crippen LogP contribution >= 0.6 is 0 Å². The Hall–Kier alpha value is -4.59. The lowest BCUT2D eigenvalue weighted by Crippen LogP contribution is -2.38. The third-order valence-electron chi connectivity index (χ3n) is 8.24. The summed E-state index contributed by atoms with van der Waals surface area (Å²) in [5.41, 5.74) is 5.72. The van der Waals surface area contributed by atoms with Crippen LogP contribution in [-0.4, -0.2) is 55.1 Å². The van der Waals surface area contributed by atoms with E-state index in [1.165, 1.54) is 19.3 Å². The van der Waals surface area contributed by atoms with E-state index in [0.29, 0.717) is 23.6 Å². The van der Waals surface area contributed by atoms with Crippen LogP contribution in [0.4, 0.5) is 0 Å². The quantitative estimate of drug-likeness (QED) is 0.110. The molecule has 2 aliphatic heterocycles. The molecule has 1 atom stereocenters. The molecule has 1 unspecified atom stereocenters. The maximum atomic E-state index is 12.6. The summed E-state index contributed by atoms with van der Waals surface area (Å²) < 4.78 is 22.9. The Morgan fingerprint density at radius 1 is 0.778 bits per heavy atom. The van der Waals surface area contributed by atoms with Crippen LogP contribution < -0.4 is 18.9 Å². The minimum Gasteiger partial charge on any atom is -0.491 e. The number of hydrogen-bond acceptors (Lipinski definition) is 7. The fourth-order valence-electron chi connectivity index (χ4n) is 5.96. The van der Waals surface area contributed by atoms with Gasteiger partial charge in [0.05, 0.1) is 5.56 Å². The van der Waals surface area contributed by atoms with E-state index in [-0.39, 0.29) is 13.4 Å². The summed E-state index contributed by atoms with van der Waals surface area (Å²) >= 11 is 0. The predicted octanol–water partition coefficient (Wildman–Crippen LogP) is 7.23. The van der Waals surface area contributed by atoms with E-state index in [1.54, 1.807) is 12.1 Å². The average molecular weight is 606 g/mol. The number of aliphatic hydroxyl groups excluding tert-OH is 1. The van der Waals surface area contributed by atoms with Crippen LogP contribution in [0.15, 0.2) is 97.1 Å². The van der Waals surface area contributed by atoms with Crippen molar-refractivity contribution in [3.63, 3.8) is 0 Å². The number of hydrogen-bond donors (Lipinski definition) is 1. The van der Waals surface area contributed by atoms with Crippen LogP contribution in [0, 0.1) is 0 Å². The number of benzene rings is 4. The molecule has 7 nitrogen and oxygen atoms in total. The van der Waals surface area contributed by atoms with Crippen molar-refractivity contribution in [3.05, 3.63) is 119 Å². The van der Waals surface area contributed by atoms with Gasteiger partial charge in [-0.2, -0.15) is 0 Å². The highest BCUT2D eigenvalue weighted by Gasteiger charge is 2.19. The van der Waals surface area contributed by atoms with Crippen molar-refractivity contribution in [2.45, 2.75) is 38.7 Å². The van der Waals surface area contributed by atoms with Crippen molar-refractivity contribution in [2.24, 2.45) is 0 Å². The van der Waals surface area contributed by atoms with Crippen LogP contribution in [0.25, 0.3) is 11.1 Å². The Morgan fingerprint density at radius 3 is 2.11 bits per heavy atom. The van der Waals surface area contributed by atoms with Gasteiger partial charge in [-0.15, -0.1) is 0 Å². The van der Waals surface area contributed by atoms with E-state index in [2.05, 4.69) is 17.9 Å². The molecule has 2 heterocycles. The number of carbonyl (C=O) groups is 1. The molecule has 0 amide bonds. The van der Waals surface area contributed by atoms with E-state index >= 15 is 0 Å². The van der Waals surface area contributed by atoms with Crippen LogP contribution in [-0.2, 0) is 0 Å². The lowest BCUT2D eigenvalue weighted by Gasteiger charge is -2.28. The zero-order valence-electron chi connectivity index (χ0n) is 25.6. The monoisotopic (exact) mass is 605 g/mol. The van der Waals surface area contributed by atoms with Crippen LogP contribution in [0.3, 0.4) is 0 Å². The Bertz CT molecular complexity index is 1610. The summed E-state index contributed by atoms with van der Waals surface area (Å²) in [5, 5.41) is 10.6. The summed E-state index contributed by atoms with van der Waals surface area (Å²) in [6.45, 7) is 5.32. The molecule has 0 radical (unpaired) electrons. The molecule has 0 bridgehead atoms. The second kappa shape index (κ2) is 14.5. The van der Waals surface area contributed by atoms with Crippen molar-refractivity contribution in [3.8, 4) is 23.0 Å². The van der Waals surface area contributed by atoms with Crippen molar-refractivity contribution in [1.29, 1.82) is 0 Å². The van der Waals surface area contributed by atoms with E-state index < -0.39 is 12.1 Å². The number of ether oxygens (including phenoxy) is 4. The molecule has 45 heavy (non-hydrogen) atoms. The number of fused-ring (bicyclic) bond motifs is 1. The summed E-state index contributed by atoms with van der Waals surface area (Å²) in [5.74, 6) is 2.25. The second-order valence-corrected chi connectivity index (χ2v) is 11.4. The molecule has 0 aromatic heterocycles. The van der Waals surface area contributed by atoms with Crippen LogP contribution in [0.2, 0.25) is 0 Å². The molecular formula is C38H39NO6. The Labute approximate surface area is 264 Å². The Balaban J connectivity index is 1.25. The first-order valence-corrected chi connectivity index (χ1v) is 15.7. The van der Waals surface area contributed by atoms with E-state index in [9.17, 15) is 9.90 Å². The molecule has 4 aromatic carbocycles. The molecule has 1 saturated heterocycles. The van der Waals surface area contributed by atoms with Gasteiger partial charge in [0.1, 0.15) is 24.2 Å². The second-order valence-electron chi connectivity index (χ2n) is 11.4. The summed E-state index contributed by atoms with van der Waals surface area (Å²) in [4.78, 5) is 14.9. The number of rotatable bonds is 11. The zero-order chi connectivity index (χ0) is 31.0. The third kappa shape index (κ3) is 7.56. The highest BCUT2D eigenvalue weighted by Crippen LogP contribution is 2.40. The van der Waals surface area contributed by atoms with Crippen LogP contribution in [0.5, 0.6) is 23.0 Å². The fourth-order valence-corrected chi connectivity index (χ4v) is 5.96. The first-order chi connectivity index (χ1) is 22.1. The normalized spacial score (nSPS) is 15.7. The number of allylic oxidation sites excluding steroid dienone is 1. The zero-order valence-corrected chi connectivity index (χ0v) is 25.6. The summed E-state index contributed by atoms with van der Waals surface area (Å²) in [6.07, 6.45) is 3.88. The predicted molar refractivity (Wildman–Crippen MR) is 175 cm³/mol. The summed E-state index contributed by atoms with van der Waals surface area (Å²) in [6, 6.07) is 30.6. The van der Waals surface area contributed by atoms with Crippen molar-refractivity contribution in [1.82, 2.24) is 4.90 Å². The molecule has 2 aliphatic rings. The number of aliphatic hydroxyl groups is 1. The lowest BCUT2D eigenvalue weighted by molar-refractivity contribution is 0.0617. The van der Waals surface area contributed by atoms with Gasteiger partial charge in [-0.05, 0) is 109 Å². The first kappa shape index (κ1) is 30.4. The van der Waals surface area contributed by atoms with Gasteiger partial charge >= 0.3 is 5.97 Å². The smallest absolute Gasteiger partial charge is 0.343 e. The van der Waals surface area contributed by atoms with Crippen molar-refractivity contribution in [2.75, 3.05) is 33.0 Å². The van der Waals surface area contributed by atoms with Crippen molar-refractivity contribution >= 4 is 17.1 Å². The molecule has 0 aliphatic carbocycles. The topological polar surface area (TPSA) is 77.5 Å². The minimum atomic E-state index is -0.537. The molecule has 0 spiro atoms. The highest BCUT2D eigenvalue weighted by atomic mass is 16.7. The molecular weight excluding hydrogens is 566 g/mol. The van der Waals surface area contributed by atoms with Gasteiger partial charge < -0.3 is 29.0 Å². The molecule has 232 valence electrons. The number of β-amino-alcohol motifs (C(OH)–C–C–N with tert-alkyl or cyclic N) is 1. The Morgan fingerprint density at radius 2 is 1.42 bits per heavy atom. The number of carbonyl (C=O) groups excluding carboxylic acids is 1. The standard InChI is InChI=1S/C38H39NO6/c1-2-34(30-15-20-35-36(23-30)44-26-43-35)37(28-13-18-33(19-14-28)45-38(41)29-9-5-3-6-10-29)27-11-16-32(17-12-27)42-25-31(40)24-39-21-7-4-8-22-39/h3,5-6,9-20,23,31,40H,2,4,7-8,21-22,24-26H2,1H3. The van der Waals surface area contributed by atoms with E-state index in [1.807, 2.05) is 78.9 Å². The van der Waals surface area contributed by atoms with E-state index in [4.69, 9.17) is 18.9 Å². The van der Waals surface area contributed by atoms with Gasteiger partial charge in [0.15, 0.2) is 11.5 Å². The van der Waals surface area contributed by atoms with Gasteiger partial charge in [0.25, 0.3) is 0 Å². The maximum Gasteiger partial charge on any atom is 0.343 e. The number of likely N-dealkylation sites (tertiary alicyclic amines) is 1. The molecule has 1 fully saturated rings. The Kier molecular flexibility index (Phi) is 9.78. The molecule has 4 aromatic rings. The highest BCUT2D eigenvalue weighted by molar-refractivity contribution is 5.99. The molecule has 6 rings (SSSR count). The SMILES string of the molecule is CCC(=C(c1ccc(OCC(O)CN2CCCCC2)cc1)c1ccc(OC(=O)c2ccccc2)cc1)c1ccc2c(c1)OCO2. The molecule has 7 heteroatoms. The first-order valence-electron chi connectivity index (χ1n) is 15.7. The van der Waals surface area contributed by atoms with Crippen molar-refractivity contribution < 1.29 is 28.8 Å². The van der Waals surface area contributed by atoms with Gasteiger partial charge in [-0.3, -0.25) is 0 Å².